The SMILES string of the molecule is O=C(NCCc1cn2c(n1)CCCC2)c1cc(Cl)c(Cl)[nH]1. The third-order valence-electron chi connectivity index (χ3n) is 3.59. The molecule has 21 heavy (non-hydrogen) atoms. The Morgan fingerprint density at radius 2 is 2.29 bits per heavy atom. The van der Waals surface area contributed by atoms with Crippen LogP contribution < -0.4 is 5.32 Å². The molecule has 0 fully saturated rings. The molecule has 2 N–H and O–H groups in total. The minimum atomic E-state index is -0.215. The minimum Gasteiger partial charge on any atom is -0.350 e. The number of amides is 1. The molecule has 0 atom stereocenters. The van der Waals surface area contributed by atoms with Crippen LogP contribution in [0.15, 0.2) is 12.3 Å². The Morgan fingerprint density at radius 1 is 1.43 bits per heavy atom. The van der Waals surface area contributed by atoms with Crippen LogP contribution in [-0.2, 0) is 19.4 Å². The number of hydrogen-bond acceptors (Lipinski definition) is 2. The number of carbonyl (C=O) groups excluding carboxylic acids is 1. The number of fused-ring (bicyclic) bond motifs is 1. The number of halogens is 2. The van der Waals surface area contributed by atoms with Crippen molar-refractivity contribution in [3.8, 4) is 0 Å². The highest BCUT2D eigenvalue weighted by Crippen LogP contribution is 2.21. The molecule has 1 aliphatic heterocycles. The first kappa shape index (κ1) is 14.5. The average Bonchev–Trinajstić information content (AvgIpc) is 3.02. The third-order valence-corrected chi connectivity index (χ3v) is 4.29. The van der Waals surface area contributed by atoms with E-state index in [4.69, 9.17) is 23.2 Å². The van der Waals surface area contributed by atoms with Crippen LogP contribution >= 0.6 is 23.2 Å². The minimum absolute atomic E-state index is 0.215. The molecule has 0 saturated carbocycles. The maximum Gasteiger partial charge on any atom is 0.267 e. The van der Waals surface area contributed by atoms with Gasteiger partial charge in [-0.3, -0.25) is 4.79 Å². The lowest BCUT2D eigenvalue weighted by Gasteiger charge is -2.11. The summed E-state index contributed by atoms with van der Waals surface area (Å²) in [5.74, 6) is 0.943. The van der Waals surface area contributed by atoms with Gasteiger partial charge in [0.2, 0.25) is 0 Å². The molecule has 0 aliphatic carbocycles. The Balaban J connectivity index is 1.53. The molecule has 0 unspecified atom stereocenters. The Hall–Kier alpha value is -1.46. The van der Waals surface area contributed by atoms with Gasteiger partial charge in [0.1, 0.15) is 16.7 Å². The van der Waals surface area contributed by atoms with Gasteiger partial charge >= 0.3 is 0 Å². The van der Waals surface area contributed by atoms with Crippen molar-refractivity contribution in [2.24, 2.45) is 0 Å². The normalized spacial score (nSPS) is 14.0. The van der Waals surface area contributed by atoms with Gasteiger partial charge in [-0.2, -0.15) is 0 Å². The zero-order chi connectivity index (χ0) is 14.8. The van der Waals surface area contributed by atoms with Crippen molar-refractivity contribution in [1.29, 1.82) is 0 Å². The van der Waals surface area contributed by atoms with Crippen LogP contribution in [0.3, 0.4) is 0 Å². The Morgan fingerprint density at radius 3 is 3.00 bits per heavy atom. The highest BCUT2D eigenvalue weighted by atomic mass is 35.5. The van der Waals surface area contributed by atoms with Crippen molar-refractivity contribution in [3.63, 3.8) is 0 Å². The van der Waals surface area contributed by atoms with Gasteiger partial charge in [-0.1, -0.05) is 23.2 Å². The standard InChI is InChI=1S/C14H16Cl2N4O/c15-10-7-11(19-13(10)16)14(21)17-5-4-9-8-20-6-2-1-3-12(20)18-9/h7-8,19H,1-6H2,(H,17,21). The van der Waals surface area contributed by atoms with Crippen LogP contribution in [0.1, 0.15) is 34.8 Å². The molecule has 0 radical (unpaired) electrons. The number of carbonyl (C=O) groups is 1. The summed E-state index contributed by atoms with van der Waals surface area (Å²) in [4.78, 5) is 19.2. The molecule has 3 rings (SSSR count). The molecule has 2 aromatic rings. The molecule has 0 aromatic carbocycles. The van der Waals surface area contributed by atoms with Gasteiger partial charge in [0.15, 0.2) is 0 Å². The van der Waals surface area contributed by atoms with Crippen LogP contribution in [0.2, 0.25) is 10.2 Å². The van der Waals surface area contributed by atoms with E-state index in [0.717, 1.165) is 24.5 Å². The summed E-state index contributed by atoms with van der Waals surface area (Å²) in [6.45, 7) is 1.58. The zero-order valence-corrected chi connectivity index (χ0v) is 13.0. The first-order valence-electron chi connectivity index (χ1n) is 7.00. The number of rotatable bonds is 4. The van der Waals surface area contributed by atoms with Gasteiger partial charge in [0.25, 0.3) is 5.91 Å². The molecule has 112 valence electrons. The topological polar surface area (TPSA) is 62.7 Å². The van der Waals surface area contributed by atoms with Gasteiger partial charge in [-0.05, 0) is 18.9 Å². The summed E-state index contributed by atoms with van der Waals surface area (Å²) in [5, 5.41) is 3.46. The van der Waals surface area contributed by atoms with Gasteiger partial charge in [0, 0.05) is 32.1 Å². The predicted octanol–water partition coefficient (Wildman–Crippen LogP) is 2.83. The monoisotopic (exact) mass is 326 g/mol. The molecule has 1 amide bonds. The maximum absolute atomic E-state index is 11.9. The molecule has 0 bridgehead atoms. The first-order valence-corrected chi connectivity index (χ1v) is 7.76. The lowest BCUT2D eigenvalue weighted by molar-refractivity contribution is 0.0949. The Kier molecular flexibility index (Phi) is 4.22. The van der Waals surface area contributed by atoms with E-state index >= 15 is 0 Å². The second kappa shape index (κ2) is 6.12. The second-order valence-corrected chi connectivity index (χ2v) is 5.93. The smallest absolute Gasteiger partial charge is 0.267 e. The molecule has 3 heterocycles. The number of aryl methyl sites for hydroxylation is 2. The fraction of sp³-hybridized carbons (Fsp3) is 0.429. The van der Waals surface area contributed by atoms with E-state index in [2.05, 4.69) is 26.0 Å². The van der Waals surface area contributed by atoms with E-state index in [9.17, 15) is 4.79 Å². The number of hydrogen-bond donors (Lipinski definition) is 2. The first-order chi connectivity index (χ1) is 10.1. The largest absolute Gasteiger partial charge is 0.350 e. The number of aromatic nitrogens is 3. The van der Waals surface area contributed by atoms with Crippen molar-refractivity contribution in [2.75, 3.05) is 6.54 Å². The number of nitrogens with one attached hydrogen (secondary N) is 2. The predicted molar refractivity (Wildman–Crippen MR) is 82.0 cm³/mol. The van der Waals surface area contributed by atoms with Gasteiger partial charge in [0.05, 0.1) is 10.7 Å². The third kappa shape index (κ3) is 3.24. The molecule has 0 spiro atoms. The summed E-state index contributed by atoms with van der Waals surface area (Å²) in [5.41, 5.74) is 1.39. The summed E-state index contributed by atoms with van der Waals surface area (Å²) in [6.07, 6.45) is 6.28. The van der Waals surface area contributed by atoms with Crippen molar-refractivity contribution < 1.29 is 4.79 Å². The lowest BCUT2D eigenvalue weighted by atomic mass is 10.2. The fourth-order valence-corrected chi connectivity index (χ4v) is 2.83. The summed E-state index contributed by atoms with van der Waals surface area (Å²) in [7, 11) is 0. The molecule has 2 aromatic heterocycles. The quantitative estimate of drug-likeness (QED) is 0.907. The van der Waals surface area contributed by atoms with Gasteiger partial charge in [-0.25, -0.2) is 4.98 Å². The number of nitrogens with zero attached hydrogens (tertiary/aromatic N) is 2. The Bertz CT molecular complexity index is 619. The van der Waals surface area contributed by atoms with Crippen molar-refractivity contribution in [2.45, 2.75) is 32.2 Å². The van der Waals surface area contributed by atoms with Gasteiger partial charge in [-0.15, -0.1) is 0 Å². The zero-order valence-electron chi connectivity index (χ0n) is 11.5. The van der Waals surface area contributed by atoms with Crippen molar-refractivity contribution in [1.82, 2.24) is 19.9 Å². The highest BCUT2D eigenvalue weighted by Gasteiger charge is 2.13. The molecular weight excluding hydrogens is 311 g/mol. The van der Waals surface area contributed by atoms with Crippen molar-refractivity contribution in [3.05, 3.63) is 39.7 Å². The summed E-state index contributed by atoms with van der Waals surface area (Å²) >= 11 is 11.6. The van der Waals surface area contributed by atoms with E-state index < -0.39 is 0 Å². The van der Waals surface area contributed by atoms with E-state index in [0.29, 0.717) is 23.7 Å². The summed E-state index contributed by atoms with van der Waals surface area (Å²) < 4.78 is 2.21. The second-order valence-electron chi connectivity index (χ2n) is 5.15. The van der Waals surface area contributed by atoms with E-state index in [-0.39, 0.29) is 11.1 Å². The van der Waals surface area contributed by atoms with Crippen LogP contribution in [0.25, 0.3) is 0 Å². The summed E-state index contributed by atoms with van der Waals surface area (Å²) in [6, 6.07) is 1.52. The van der Waals surface area contributed by atoms with Gasteiger partial charge < -0.3 is 14.9 Å². The molecule has 5 nitrogen and oxygen atoms in total. The van der Waals surface area contributed by atoms with Crippen LogP contribution in [0.4, 0.5) is 0 Å². The molecular formula is C14H16Cl2N4O. The number of H-pyrrole nitrogens is 1. The molecule has 0 saturated heterocycles. The Labute approximate surface area is 132 Å². The number of aromatic amines is 1. The van der Waals surface area contributed by atoms with Crippen molar-refractivity contribution >= 4 is 29.1 Å². The maximum atomic E-state index is 11.9. The van der Waals surface area contributed by atoms with Crippen LogP contribution in [0, 0.1) is 0 Å². The average molecular weight is 327 g/mol. The van der Waals surface area contributed by atoms with E-state index in [1.165, 1.54) is 18.9 Å². The molecule has 7 heteroatoms. The van der Waals surface area contributed by atoms with Crippen LogP contribution in [0.5, 0.6) is 0 Å². The molecule has 1 aliphatic rings. The van der Waals surface area contributed by atoms with E-state index in [1.807, 2.05) is 0 Å². The number of imidazole rings is 1. The lowest BCUT2D eigenvalue weighted by Crippen LogP contribution is -2.26. The van der Waals surface area contributed by atoms with E-state index in [1.54, 1.807) is 0 Å². The van der Waals surface area contributed by atoms with Crippen LogP contribution in [-0.4, -0.2) is 27.0 Å². The highest BCUT2D eigenvalue weighted by molar-refractivity contribution is 6.41. The fourth-order valence-electron chi connectivity index (χ4n) is 2.52.